The van der Waals surface area contributed by atoms with E-state index in [9.17, 15) is 14.4 Å². The van der Waals surface area contributed by atoms with E-state index in [1.54, 1.807) is 60.7 Å². The minimum atomic E-state index is -0.668. The molecule has 2 amide bonds. The molecular weight excluding hydrogens is 501 g/mol. The summed E-state index contributed by atoms with van der Waals surface area (Å²) < 4.78 is 0.852. The molecule has 1 saturated heterocycles. The number of rotatable bonds is 2. The lowest BCUT2D eigenvalue weighted by Gasteiger charge is -2.31. The van der Waals surface area contributed by atoms with Gasteiger partial charge in [-0.2, -0.15) is 0 Å². The molecule has 0 radical (unpaired) electrons. The van der Waals surface area contributed by atoms with Gasteiger partial charge in [0, 0.05) is 27.9 Å². The van der Waals surface area contributed by atoms with Crippen LogP contribution in [0.15, 0.2) is 65.1 Å². The van der Waals surface area contributed by atoms with Gasteiger partial charge >= 0.3 is 0 Å². The van der Waals surface area contributed by atoms with Gasteiger partial charge in [0.15, 0.2) is 5.78 Å². The molecule has 1 fully saturated rings. The Morgan fingerprint density at radius 1 is 0.806 bits per heavy atom. The van der Waals surface area contributed by atoms with Gasteiger partial charge in [-0.1, -0.05) is 63.4 Å². The van der Waals surface area contributed by atoms with Gasteiger partial charge < -0.3 is 0 Å². The Hall–Kier alpha value is -2.47. The molecule has 3 aromatic rings. The van der Waals surface area contributed by atoms with Gasteiger partial charge in [-0.3, -0.25) is 19.3 Å². The van der Waals surface area contributed by atoms with Crippen LogP contribution >= 0.6 is 39.1 Å². The molecule has 1 heterocycles. The number of amides is 2. The summed E-state index contributed by atoms with van der Waals surface area (Å²) in [5, 5.41) is 0.610. The minimum Gasteiger partial charge on any atom is -0.288 e. The second kappa shape index (κ2) is 7.59. The molecule has 5 rings (SSSR count). The SMILES string of the molecule is O=C1c2c(Cl)cccc2C(C2CC(=O)N(c3ccc(Br)cc3)C2=O)c2cccc(Cl)c21. The molecule has 4 nitrogen and oxygen atoms in total. The van der Waals surface area contributed by atoms with E-state index in [0.717, 1.165) is 4.47 Å². The normalized spacial score (nSPS) is 18.4. The molecule has 0 bridgehead atoms. The average Bonchev–Trinajstić information content (AvgIpc) is 3.03. The van der Waals surface area contributed by atoms with Crippen LogP contribution in [0.2, 0.25) is 10.0 Å². The maximum absolute atomic E-state index is 13.5. The van der Waals surface area contributed by atoms with Gasteiger partial charge in [0.2, 0.25) is 11.8 Å². The lowest BCUT2D eigenvalue weighted by molar-refractivity contribution is -0.122. The number of carbonyl (C=O) groups is 3. The van der Waals surface area contributed by atoms with Gasteiger partial charge in [-0.25, -0.2) is 0 Å². The van der Waals surface area contributed by atoms with Crippen molar-refractivity contribution in [2.45, 2.75) is 12.3 Å². The van der Waals surface area contributed by atoms with Crippen molar-refractivity contribution >= 4 is 62.4 Å². The number of fused-ring (bicyclic) bond motifs is 2. The van der Waals surface area contributed by atoms with Crippen LogP contribution in [0.4, 0.5) is 5.69 Å². The maximum atomic E-state index is 13.5. The number of hydrogen-bond donors (Lipinski definition) is 0. The van der Waals surface area contributed by atoms with Crippen molar-refractivity contribution in [1.29, 1.82) is 0 Å². The Bertz CT molecular complexity index is 1220. The molecule has 31 heavy (non-hydrogen) atoms. The Kier molecular flexibility index (Phi) is 5.00. The molecule has 0 saturated carbocycles. The lowest BCUT2D eigenvalue weighted by Crippen LogP contribution is -2.33. The predicted molar refractivity (Wildman–Crippen MR) is 123 cm³/mol. The van der Waals surface area contributed by atoms with E-state index in [1.165, 1.54) is 4.90 Å². The molecule has 1 atom stereocenters. The quantitative estimate of drug-likeness (QED) is 0.393. The van der Waals surface area contributed by atoms with Crippen molar-refractivity contribution in [3.05, 3.63) is 97.4 Å². The Morgan fingerprint density at radius 2 is 1.35 bits per heavy atom. The van der Waals surface area contributed by atoms with Crippen LogP contribution in [0.5, 0.6) is 0 Å². The van der Waals surface area contributed by atoms with E-state index in [4.69, 9.17) is 23.2 Å². The number of hydrogen-bond acceptors (Lipinski definition) is 3. The number of anilines is 1. The van der Waals surface area contributed by atoms with Gasteiger partial charge in [-0.15, -0.1) is 0 Å². The van der Waals surface area contributed by atoms with Gasteiger partial charge in [0.25, 0.3) is 0 Å². The topological polar surface area (TPSA) is 54.5 Å². The molecule has 1 aliphatic carbocycles. The van der Waals surface area contributed by atoms with E-state index >= 15 is 0 Å². The standard InChI is InChI=1S/C24H14BrCl2NO3/c25-12-7-9-13(10-8-12)28-19(29)11-16(24(28)31)20-14-3-1-5-17(26)21(14)23(30)22-15(20)4-2-6-18(22)27/h1-10,16,20H,11H2. The fourth-order valence-corrected chi connectivity index (χ4v) is 5.38. The molecular formula is C24H14BrCl2NO3. The minimum absolute atomic E-state index is 0.0334. The van der Waals surface area contributed by atoms with Crippen molar-refractivity contribution in [3.8, 4) is 0 Å². The fourth-order valence-electron chi connectivity index (χ4n) is 4.58. The second-order valence-electron chi connectivity index (χ2n) is 7.57. The monoisotopic (exact) mass is 513 g/mol. The largest absolute Gasteiger partial charge is 0.288 e. The Balaban J connectivity index is 1.67. The van der Waals surface area contributed by atoms with Crippen molar-refractivity contribution in [1.82, 2.24) is 0 Å². The molecule has 2 aliphatic rings. The fraction of sp³-hybridized carbons (Fsp3) is 0.125. The number of ketones is 1. The molecule has 1 aliphatic heterocycles. The maximum Gasteiger partial charge on any atom is 0.238 e. The molecule has 0 spiro atoms. The van der Waals surface area contributed by atoms with Gasteiger partial charge in [-0.05, 0) is 47.5 Å². The van der Waals surface area contributed by atoms with Crippen molar-refractivity contribution in [2.24, 2.45) is 5.92 Å². The van der Waals surface area contributed by atoms with E-state index in [2.05, 4.69) is 15.9 Å². The first-order chi connectivity index (χ1) is 14.9. The van der Waals surface area contributed by atoms with E-state index < -0.39 is 11.8 Å². The number of halogens is 3. The highest BCUT2D eigenvalue weighted by atomic mass is 79.9. The third-order valence-corrected chi connectivity index (χ3v) is 7.04. The van der Waals surface area contributed by atoms with Crippen molar-refractivity contribution < 1.29 is 14.4 Å². The lowest BCUT2D eigenvalue weighted by atomic mass is 9.71. The van der Waals surface area contributed by atoms with E-state index in [-0.39, 0.29) is 24.0 Å². The number of nitrogens with zero attached hydrogens (tertiary/aromatic N) is 1. The highest BCUT2D eigenvalue weighted by molar-refractivity contribution is 9.10. The van der Waals surface area contributed by atoms with Gasteiger partial charge in [0.1, 0.15) is 0 Å². The first kappa shape index (κ1) is 20.4. The summed E-state index contributed by atoms with van der Waals surface area (Å²) in [5.74, 6) is -2.01. The molecule has 0 N–H and O–H groups in total. The third kappa shape index (κ3) is 3.15. The molecule has 0 aromatic heterocycles. The number of benzene rings is 3. The summed E-state index contributed by atoms with van der Waals surface area (Å²) in [6.07, 6.45) is 0.0334. The summed E-state index contributed by atoms with van der Waals surface area (Å²) in [6.45, 7) is 0. The number of imide groups is 1. The summed E-state index contributed by atoms with van der Waals surface area (Å²) in [5.41, 5.74) is 2.51. The van der Waals surface area contributed by atoms with Crippen LogP contribution in [0, 0.1) is 5.92 Å². The molecule has 154 valence electrons. The predicted octanol–water partition coefficient (Wildman–Crippen LogP) is 6.01. The highest BCUT2D eigenvalue weighted by Gasteiger charge is 2.48. The zero-order valence-electron chi connectivity index (χ0n) is 15.9. The Labute approximate surface area is 196 Å². The summed E-state index contributed by atoms with van der Waals surface area (Å²) in [7, 11) is 0. The van der Waals surface area contributed by atoms with Crippen LogP contribution < -0.4 is 4.90 Å². The van der Waals surface area contributed by atoms with E-state index in [1.807, 2.05) is 0 Å². The zero-order valence-corrected chi connectivity index (χ0v) is 19.0. The van der Waals surface area contributed by atoms with Gasteiger partial charge in [0.05, 0.1) is 21.7 Å². The summed E-state index contributed by atoms with van der Waals surface area (Å²) in [6, 6.07) is 17.4. The first-order valence-electron chi connectivity index (χ1n) is 9.62. The zero-order chi connectivity index (χ0) is 21.9. The molecule has 7 heteroatoms. The molecule has 3 aromatic carbocycles. The van der Waals surface area contributed by atoms with E-state index in [0.29, 0.717) is 38.0 Å². The first-order valence-corrected chi connectivity index (χ1v) is 11.2. The smallest absolute Gasteiger partial charge is 0.238 e. The summed E-state index contributed by atoms with van der Waals surface area (Å²) >= 11 is 16.2. The average molecular weight is 515 g/mol. The van der Waals surface area contributed by atoms with Crippen LogP contribution in [0.3, 0.4) is 0 Å². The van der Waals surface area contributed by atoms with Crippen LogP contribution in [0.25, 0.3) is 0 Å². The molecule has 1 unspecified atom stereocenters. The van der Waals surface area contributed by atoms with Crippen molar-refractivity contribution in [2.75, 3.05) is 4.90 Å². The van der Waals surface area contributed by atoms with Crippen LogP contribution in [-0.2, 0) is 9.59 Å². The van der Waals surface area contributed by atoms with Crippen LogP contribution in [-0.4, -0.2) is 17.6 Å². The Morgan fingerprint density at radius 3 is 1.90 bits per heavy atom. The summed E-state index contributed by atoms with van der Waals surface area (Å²) in [4.78, 5) is 40.9. The van der Waals surface area contributed by atoms with Crippen LogP contribution in [0.1, 0.15) is 39.4 Å². The third-order valence-electron chi connectivity index (χ3n) is 5.88. The van der Waals surface area contributed by atoms with Crippen molar-refractivity contribution in [3.63, 3.8) is 0 Å². The highest BCUT2D eigenvalue weighted by Crippen LogP contribution is 2.48. The number of carbonyl (C=O) groups excluding carboxylic acids is 3. The second-order valence-corrected chi connectivity index (χ2v) is 9.30.